The average molecular weight is 760 g/mol. The van der Waals surface area contributed by atoms with Gasteiger partial charge in [0.25, 0.3) is 0 Å². The number of ketones is 1. The van der Waals surface area contributed by atoms with Gasteiger partial charge in [-0.3, -0.25) is 4.79 Å². The van der Waals surface area contributed by atoms with Crippen molar-refractivity contribution in [2.24, 2.45) is 0 Å². The van der Waals surface area contributed by atoms with E-state index in [0.717, 1.165) is 11.3 Å². The topological polar surface area (TPSA) is 50.2 Å². The predicted molar refractivity (Wildman–Crippen MR) is 178 cm³/mol. The summed E-state index contributed by atoms with van der Waals surface area (Å²) in [7, 11) is 0. The van der Waals surface area contributed by atoms with E-state index in [1.54, 1.807) is 0 Å². The van der Waals surface area contributed by atoms with Crippen LogP contribution in [0.15, 0.2) is 121 Å². The number of pyridine rings is 1. The molecule has 3 nitrogen and oxygen atoms in total. The number of nitrogens with zero attached hydrogens (tertiary/aromatic N) is 1. The number of aromatic nitrogens is 1. The molecule has 0 amide bonds. The number of carbonyl (C=O) groups excluding carboxylic acids is 1. The molecule has 0 fully saturated rings. The van der Waals surface area contributed by atoms with Gasteiger partial charge < -0.3 is 10.1 Å². The number of rotatable bonds is 4. The summed E-state index contributed by atoms with van der Waals surface area (Å²) in [5, 5.41) is 8.36. The van der Waals surface area contributed by atoms with Crippen molar-refractivity contribution in [1.29, 1.82) is 0 Å². The van der Waals surface area contributed by atoms with Gasteiger partial charge in [-0.05, 0) is 88.0 Å². The van der Waals surface area contributed by atoms with E-state index in [-0.39, 0.29) is 43.4 Å². The third kappa shape index (κ3) is 6.40. The fourth-order valence-corrected chi connectivity index (χ4v) is 6.00. The molecule has 6 rings (SSSR count). The summed E-state index contributed by atoms with van der Waals surface area (Å²) >= 11 is 0. The van der Waals surface area contributed by atoms with Crippen LogP contribution in [0.3, 0.4) is 0 Å². The van der Waals surface area contributed by atoms with Crippen molar-refractivity contribution in [1.82, 2.24) is 4.98 Å². The molecule has 0 bridgehead atoms. The quantitative estimate of drug-likeness (QED) is 0.113. The fourth-order valence-electron chi connectivity index (χ4n) is 6.00. The van der Waals surface area contributed by atoms with Gasteiger partial charge in [-0.1, -0.05) is 93.9 Å². The molecule has 1 N–H and O–H groups in total. The van der Waals surface area contributed by atoms with Gasteiger partial charge in [-0.25, -0.2) is 0 Å². The molecule has 44 heavy (non-hydrogen) atoms. The van der Waals surface area contributed by atoms with Gasteiger partial charge in [0.2, 0.25) is 0 Å². The first-order valence-corrected chi connectivity index (χ1v) is 14.7. The zero-order valence-electron chi connectivity index (χ0n) is 26.1. The molecule has 226 valence electrons. The number of hydrogen-bond acceptors (Lipinski definition) is 3. The van der Waals surface area contributed by atoms with Crippen molar-refractivity contribution in [3.63, 3.8) is 0 Å². The molecule has 0 spiro atoms. The molecule has 0 unspecified atom stereocenters. The van der Waals surface area contributed by atoms with Gasteiger partial charge >= 0.3 is 0 Å². The Morgan fingerprint density at radius 3 is 1.77 bits per heavy atom. The molecule has 1 aliphatic rings. The molecule has 4 heteroatoms. The first-order valence-electron chi connectivity index (χ1n) is 14.7. The van der Waals surface area contributed by atoms with Crippen molar-refractivity contribution < 1.29 is 31.0 Å². The fraction of sp³-hybridized carbons (Fsp3) is 0.200. The number of benzene rings is 4. The van der Waals surface area contributed by atoms with Crippen molar-refractivity contribution in [2.45, 2.75) is 52.4 Å². The first-order chi connectivity index (χ1) is 20.5. The van der Waals surface area contributed by atoms with Crippen LogP contribution in [0.25, 0.3) is 44.6 Å². The SMILES string of the molecule is CC(=O)/C=C(/C)O.CC1(C)c2ccc[c-]c2-c2nccc(-c3cc(-c4ccccc4)cc(-c4ccccc4)c3)c2C1(C)C.[Pt]. The molecular weight excluding hydrogens is 722 g/mol. The van der Waals surface area contributed by atoms with Gasteiger partial charge in [-0.15, -0.1) is 35.4 Å². The minimum absolute atomic E-state index is 0. The van der Waals surface area contributed by atoms with Gasteiger partial charge in [0.15, 0.2) is 5.78 Å². The van der Waals surface area contributed by atoms with Gasteiger partial charge in [0.1, 0.15) is 0 Å². The monoisotopic (exact) mass is 759 g/mol. The summed E-state index contributed by atoms with van der Waals surface area (Å²) in [6.07, 6.45) is 3.13. The van der Waals surface area contributed by atoms with Crippen molar-refractivity contribution in [2.75, 3.05) is 0 Å². The van der Waals surface area contributed by atoms with Gasteiger partial charge in [-0.2, -0.15) is 0 Å². The standard InChI is InChI=1S/C35H30N.C5H8O2.Pt/c1-34(2)31-18-12-11-17-30(31)33-32(35(34,3)4)29(19-20-36-33)28-22-26(24-13-7-5-8-14-24)21-27(23-28)25-15-9-6-10-16-25;1-4(6)3-5(2)7;/h5-16,18-23H,1-4H3;3,6H,1-2H3;/q-1;;/b;4-3-;. The van der Waals surface area contributed by atoms with Crippen molar-refractivity contribution >= 4 is 5.78 Å². The molecule has 0 aliphatic heterocycles. The molecule has 1 aromatic heterocycles. The summed E-state index contributed by atoms with van der Waals surface area (Å²) in [5.74, 6) is -0.0625. The Balaban J connectivity index is 0.000000497. The Morgan fingerprint density at radius 2 is 1.27 bits per heavy atom. The molecule has 5 aromatic rings. The molecule has 0 saturated carbocycles. The summed E-state index contributed by atoms with van der Waals surface area (Å²) < 4.78 is 0. The van der Waals surface area contributed by atoms with Crippen LogP contribution in [0.4, 0.5) is 0 Å². The molecule has 1 aliphatic carbocycles. The number of allylic oxidation sites excluding steroid dienone is 2. The zero-order valence-corrected chi connectivity index (χ0v) is 28.4. The van der Waals surface area contributed by atoms with E-state index in [1.165, 1.54) is 64.4 Å². The Morgan fingerprint density at radius 1 is 0.727 bits per heavy atom. The first kappa shape index (κ1) is 32.8. The van der Waals surface area contributed by atoms with Crippen LogP contribution in [-0.4, -0.2) is 15.9 Å². The van der Waals surface area contributed by atoms with E-state index in [2.05, 4.69) is 131 Å². The summed E-state index contributed by atoms with van der Waals surface area (Å²) in [6.45, 7) is 12.3. The van der Waals surface area contributed by atoms with Crippen molar-refractivity contribution in [3.05, 3.63) is 138 Å². The van der Waals surface area contributed by atoms with Crippen LogP contribution in [-0.2, 0) is 36.7 Å². The van der Waals surface area contributed by atoms with Crippen LogP contribution in [0.2, 0.25) is 0 Å². The molecular formula is C40H38NO2Pt-. The third-order valence-electron chi connectivity index (χ3n) is 8.78. The summed E-state index contributed by atoms with van der Waals surface area (Å²) in [4.78, 5) is 15.0. The number of fused-ring (bicyclic) bond motifs is 3. The largest absolute Gasteiger partial charge is 0.512 e. The van der Waals surface area contributed by atoms with E-state index < -0.39 is 0 Å². The van der Waals surface area contributed by atoms with E-state index >= 15 is 0 Å². The number of hydrogen-bond donors (Lipinski definition) is 1. The predicted octanol–water partition coefficient (Wildman–Crippen LogP) is 10.2. The van der Waals surface area contributed by atoms with Crippen molar-refractivity contribution in [3.8, 4) is 44.6 Å². The second-order valence-electron chi connectivity index (χ2n) is 12.2. The molecule has 0 saturated heterocycles. The average Bonchev–Trinajstić information content (AvgIpc) is 3.00. The number of aliphatic hydroxyl groups excluding tert-OH is 1. The smallest absolute Gasteiger partial charge is 0.155 e. The Labute approximate surface area is 276 Å². The molecule has 4 aromatic carbocycles. The maximum Gasteiger partial charge on any atom is 0.155 e. The second-order valence-corrected chi connectivity index (χ2v) is 12.2. The Bertz CT molecular complexity index is 1740. The van der Waals surface area contributed by atoms with Crippen LogP contribution < -0.4 is 0 Å². The number of carbonyl (C=O) groups is 1. The second kappa shape index (κ2) is 13.3. The van der Waals surface area contributed by atoms with Crippen LogP contribution in [0, 0.1) is 6.07 Å². The van der Waals surface area contributed by atoms with Gasteiger partial charge in [0.05, 0.1) is 5.76 Å². The molecule has 0 radical (unpaired) electrons. The van der Waals surface area contributed by atoms with Gasteiger partial charge in [0, 0.05) is 33.3 Å². The Hall–Kier alpha value is -4.07. The van der Waals surface area contributed by atoms with E-state index in [4.69, 9.17) is 10.1 Å². The minimum Gasteiger partial charge on any atom is -0.512 e. The minimum atomic E-state index is -0.135. The summed E-state index contributed by atoms with van der Waals surface area (Å²) in [5.41, 5.74) is 11.9. The number of aliphatic hydroxyl groups is 1. The van der Waals surface area contributed by atoms with E-state index in [9.17, 15) is 4.79 Å². The zero-order chi connectivity index (χ0) is 30.8. The normalized spacial score (nSPS) is 14.2. The van der Waals surface area contributed by atoms with Crippen LogP contribution in [0.1, 0.15) is 52.7 Å². The molecule has 1 heterocycles. The van der Waals surface area contributed by atoms with Crippen LogP contribution >= 0.6 is 0 Å². The Kier molecular flexibility index (Phi) is 9.91. The molecule has 0 atom stereocenters. The van der Waals surface area contributed by atoms with E-state index in [1.807, 2.05) is 12.3 Å². The third-order valence-corrected chi connectivity index (χ3v) is 8.78. The van der Waals surface area contributed by atoms with Crippen LogP contribution in [0.5, 0.6) is 0 Å². The maximum absolute atomic E-state index is 10.0. The summed E-state index contributed by atoms with van der Waals surface area (Å²) in [6, 6.07) is 40.4. The van der Waals surface area contributed by atoms with E-state index in [0.29, 0.717) is 0 Å². The maximum atomic E-state index is 10.0.